The molecule has 0 spiro atoms. The second kappa shape index (κ2) is 10.5. The van der Waals surface area contributed by atoms with Crippen LogP contribution in [-0.2, 0) is 11.3 Å². The van der Waals surface area contributed by atoms with Crippen LogP contribution < -0.4 is 14.4 Å². The number of carbonyl (C=O) groups is 1. The van der Waals surface area contributed by atoms with Crippen LogP contribution in [0.1, 0.15) is 11.1 Å². The van der Waals surface area contributed by atoms with Gasteiger partial charge in [-0.05, 0) is 59.2 Å². The number of benzene rings is 3. The van der Waals surface area contributed by atoms with Gasteiger partial charge in [0.1, 0.15) is 11.5 Å². The van der Waals surface area contributed by atoms with Gasteiger partial charge < -0.3 is 29.6 Å². The number of anilines is 1. The standard InChI is InChI=1S/C27H25N3O5/c1-34-22-11-19(12-23(14-22)35-2)16-30(21-7-5-20(6-8-21)24-15-28-17-29-24)27(33)10-4-18-3-9-25(31)26(32)13-18/h3-15,17,31-32H,16H2,1-2H3,(H,28,29)/b10-4+. The first-order chi connectivity index (χ1) is 17.0. The molecule has 8 heteroatoms. The first-order valence-electron chi connectivity index (χ1n) is 10.8. The van der Waals surface area contributed by atoms with Crippen LogP contribution in [0, 0.1) is 0 Å². The van der Waals surface area contributed by atoms with Crippen molar-refractivity contribution in [1.29, 1.82) is 0 Å². The molecule has 1 aromatic heterocycles. The molecule has 0 radical (unpaired) electrons. The van der Waals surface area contributed by atoms with Gasteiger partial charge in [0.05, 0.1) is 39.0 Å². The molecule has 0 fully saturated rings. The van der Waals surface area contributed by atoms with Gasteiger partial charge in [0.25, 0.3) is 5.91 Å². The summed E-state index contributed by atoms with van der Waals surface area (Å²) >= 11 is 0. The fourth-order valence-electron chi connectivity index (χ4n) is 3.57. The van der Waals surface area contributed by atoms with E-state index in [1.807, 2.05) is 36.4 Å². The number of aromatic amines is 1. The molecule has 0 aliphatic carbocycles. The van der Waals surface area contributed by atoms with Crippen molar-refractivity contribution in [3.63, 3.8) is 0 Å². The van der Waals surface area contributed by atoms with Crippen molar-refractivity contribution in [3.05, 3.63) is 90.4 Å². The minimum Gasteiger partial charge on any atom is -0.504 e. The summed E-state index contributed by atoms with van der Waals surface area (Å²) in [5.74, 6) is 0.496. The zero-order chi connectivity index (χ0) is 24.8. The minimum absolute atomic E-state index is 0.223. The number of hydrogen-bond donors (Lipinski definition) is 3. The van der Waals surface area contributed by atoms with E-state index in [1.165, 1.54) is 18.2 Å². The first kappa shape index (κ1) is 23.4. The van der Waals surface area contributed by atoms with Gasteiger partial charge in [0.15, 0.2) is 11.5 Å². The summed E-state index contributed by atoms with van der Waals surface area (Å²) in [7, 11) is 3.15. The topological polar surface area (TPSA) is 108 Å². The van der Waals surface area contributed by atoms with E-state index in [4.69, 9.17) is 9.47 Å². The number of imidazole rings is 1. The molecule has 0 aliphatic heterocycles. The van der Waals surface area contributed by atoms with Crippen LogP contribution in [0.4, 0.5) is 5.69 Å². The highest BCUT2D eigenvalue weighted by Gasteiger charge is 2.16. The van der Waals surface area contributed by atoms with Crippen LogP contribution >= 0.6 is 0 Å². The van der Waals surface area contributed by atoms with E-state index in [9.17, 15) is 15.0 Å². The molecule has 4 aromatic rings. The molecule has 3 aromatic carbocycles. The van der Waals surface area contributed by atoms with Gasteiger partial charge in [-0.25, -0.2) is 4.98 Å². The highest BCUT2D eigenvalue weighted by molar-refractivity contribution is 6.04. The molecule has 0 atom stereocenters. The Balaban J connectivity index is 1.66. The van der Waals surface area contributed by atoms with Gasteiger partial charge in [-0.2, -0.15) is 0 Å². The van der Waals surface area contributed by atoms with Crippen molar-refractivity contribution < 1.29 is 24.5 Å². The third-order valence-electron chi connectivity index (χ3n) is 5.42. The summed E-state index contributed by atoms with van der Waals surface area (Å²) in [6.45, 7) is 0.265. The number of H-pyrrole nitrogens is 1. The first-order valence-corrected chi connectivity index (χ1v) is 10.8. The van der Waals surface area contributed by atoms with Crippen molar-refractivity contribution in [2.45, 2.75) is 6.54 Å². The molecule has 0 bridgehead atoms. The van der Waals surface area contributed by atoms with Crippen molar-refractivity contribution in [2.75, 3.05) is 19.1 Å². The summed E-state index contributed by atoms with van der Waals surface area (Å²) in [5.41, 5.74) is 3.91. The highest BCUT2D eigenvalue weighted by atomic mass is 16.5. The van der Waals surface area contributed by atoms with Gasteiger partial charge in [-0.15, -0.1) is 0 Å². The summed E-state index contributed by atoms with van der Waals surface area (Å²) < 4.78 is 10.8. The average molecular weight is 472 g/mol. The third kappa shape index (κ3) is 5.62. The molecule has 178 valence electrons. The summed E-state index contributed by atoms with van der Waals surface area (Å²) in [6, 6.07) is 17.4. The zero-order valence-corrected chi connectivity index (χ0v) is 19.3. The van der Waals surface area contributed by atoms with Gasteiger partial charge in [-0.1, -0.05) is 18.2 Å². The van der Waals surface area contributed by atoms with Gasteiger partial charge in [-0.3, -0.25) is 4.79 Å². The van der Waals surface area contributed by atoms with Gasteiger partial charge in [0.2, 0.25) is 0 Å². The van der Waals surface area contributed by atoms with Crippen LogP contribution in [0.25, 0.3) is 17.3 Å². The number of rotatable bonds is 8. The molecular formula is C27H25N3O5. The Labute approximate surface area is 202 Å². The third-order valence-corrected chi connectivity index (χ3v) is 5.42. The van der Waals surface area contributed by atoms with E-state index in [-0.39, 0.29) is 24.0 Å². The zero-order valence-electron chi connectivity index (χ0n) is 19.3. The van der Waals surface area contributed by atoms with Gasteiger partial charge >= 0.3 is 0 Å². The number of phenolic OH excluding ortho intramolecular Hbond substituents is 2. The number of amides is 1. The van der Waals surface area contributed by atoms with Gasteiger partial charge in [0, 0.05) is 17.8 Å². The lowest BCUT2D eigenvalue weighted by Gasteiger charge is -2.22. The van der Waals surface area contributed by atoms with E-state index < -0.39 is 0 Å². The molecular weight excluding hydrogens is 446 g/mol. The molecule has 1 amide bonds. The van der Waals surface area contributed by atoms with E-state index in [2.05, 4.69) is 9.97 Å². The number of aromatic hydroxyl groups is 2. The Morgan fingerprint density at radius 2 is 1.69 bits per heavy atom. The minimum atomic E-state index is -0.270. The molecule has 8 nitrogen and oxygen atoms in total. The SMILES string of the molecule is COc1cc(CN(C(=O)/C=C/c2ccc(O)c(O)c2)c2ccc(-c3cnc[nH]3)cc2)cc(OC)c1. The lowest BCUT2D eigenvalue weighted by Crippen LogP contribution is -2.28. The molecule has 0 saturated carbocycles. The fraction of sp³-hybridized carbons (Fsp3) is 0.111. The Kier molecular flexibility index (Phi) is 7.02. The number of hydrogen-bond acceptors (Lipinski definition) is 6. The Morgan fingerprint density at radius 1 is 0.971 bits per heavy atom. The maximum atomic E-state index is 13.3. The number of carbonyl (C=O) groups excluding carboxylic acids is 1. The predicted octanol–water partition coefficient (Wildman–Crippen LogP) is 4.75. The van der Waals surface area contributed by atoms with Crippen LogP contribution in [-0.4, -0.2) is 40.3 Å². The molecule has 0 aliphatic rings. The summed E-state index contributed by atoms with van der Waals surface area (Å²) in [4.78, 5) is 22.1. The van der Waals surface area contributed by atoms with Crippen LogP contribution in [0.5, 0.6) is 23.0 Å². The lowest BCUT2D eigenvalue weighted by atomic mass is 10.1. The largest absolute Gasteiger partial charge is 0.504 e. The van der Waals surface area contributed by atoms with Crippen LogP contribution in [0.3, 0.4) is 0 Å². The number of nitrogens with one attached hydrogen (secondary N) is 1. The monoisotopic (exact) mass is 471 g/mol. The fourth-order valence-corrected chi connectivity index (χ4v) is 3.57. The molecule has 3 N–H and O–H groups in total. The maximum Gasteiger partial charge on any atom is 0.251 e. The van der Waals surface area contributed by atoms with Crippen LogP contribution in [0.2, 0.25) is 0 Å². The van der Waals surface area contributed by atoms with E-state index in [0.717, 1.165) is 16.8 Å². The Hall–Kier alpha value is -4.72. The van der Waals surface area contributed by atoms with Crippen molar-refractivity contribution in [2.24, 2.45) is 0 Å². The van der Waals surface area contributed by atoms with E-state index in [1.54, 1.807) is 49.9 Å². The smallest absolute Gasteiger partial charge is 0.251 e. The molecule has 35 heavy (non-hydrogen) atoms. The molecule has 0 unspecified atom stereocenters. The Bertz CT molecular complexity index is 1310. The number of nitrogens with zero attached hydrogens (tertiary/aromatic N) is 2. The number of ether oxygens (including phenoxy) is 2. The van der Waals surface area contributed by atoms with Crippen molar-refractivity contribution >= 4 is 17.7 Å². The molecule has 1 heterocycles. The average Bonchev–Trinajstić information content (AvgIpc) is 3.43. The second-order valence-electron chi connectivity index (χ2n) is 7.74. The van der Waals surface area contributed by atoms with E-state index >= 15 is 0 Å². The number of aromatic nitrogens is 2. The molecule has 0 saturated heterocycles. The van der Waals surface area contributed by atoms with Crippen molar-refractivity contribution in [1.82, 2.24) is 9.97 Å². The predicted molar refractivity (Wildman–Crippen MR) is 134 cm³/mol. The number of methoxy groups -OCH3 is 2. The normalized spacial score (nSPS) is 10.9. The summed E-state index contributed by atoms with van der Waals surface area (Å²) in [5, 5.41) is 19.3. The highest BCUT2D eigenvalue weighted by Crippen LogP contribution is 2.28. The van der Waals surface area contributed by atoms with Crippen LogP contribution in [0.15, 0.2) is 79.3 Å². The summed E-state index contributed by atoms with van der Waals surface area (Å²) in [6.07, 6.45) is 6.35. The lowest BCUT2D eigenvalue weighted by molar-refractivity contribution is -0.114. The second-order valence-corrected chi connectivity index (χ2v) is 7.74. The Morgan fingerprint density at radius 3 is 2.29 bits per heavy atom. The number of phenols is 2. The maximum absolute atomic E-state index is 13.3. The van der Waals surface area contributed by atoms with E-state index in [0.29, 0.717) is 22.7 Å². The molecule has 4 rings (SSSR count). The van der Waals surface area contributed by atoms with Crippen molar-refractivity contribution in [3.8, 4) is 34.3 Å². The quantitative estimate of drug-likeness (QED) is 0.253.